The summed E-state index contributed by atoms with van der Waals surface area (Å²) in [7, 11) is -3.02. The van der Waals surface area contributed by atoms with E-state index >= 15 is 0 Å². The Morgan fingerprint density at radius 3 is 2.52 bits per heavy atom. The van der Waals surface area contributed by atoms with E-state index in [1.807, 2.05) is 0 Å². The lowest BCUT2D eigenvalue weighted by molar-refractivity contribution is -0.385. The van der Waals surface area contributed by atoms with Crippen molar-refractivity contribution in [3.05, 3.63) is 33.1 Å². The number of rotatable bonds is 8. The molecule has 1 heterocycles. The molecule has 1 aromatic heterocycles. The van der Waals surface area contributed by atoms with Gasteiger partial charge >= 0.3 is 0 Å². The molecule has 0 N–H and O–H groups in total. The first-order chi connectivity index (χ1) is 9.74. The van der Waals surface area contributed by atoms with Gasteiger partial charge in [0.25, 0.3) is 5.69 Å². The van der Waals surface area contributed by atoms with E-state index in [0.717, 1.165) is 0 Å². The number of nitro groups is 1. The maximum Gasteiger partial charge on any atom is 0.290 e. The molecule has 8 heteroatoms. The molecule has 0 aliphatic rings. The van der Waals surface area contributed by atoms with Gasteiger partial charge in [0.05, 0.1) is 15.9 Å². The van der Waals surface area contributed by atoms with Crippen molar-refractivity contribution in [3.8, 4) is 0 Å². The maximum absolute atomic E-state index is 11.6. The largest absolute Gasteiger partial charge is 0.290 e. The van der Waals surface area contributed by atoms with Crippen LogP contribution in [0.15, 0.2) is 12.1 Å². The first-order valence-corrected chi connectivity index (χ1v) is 8.84. The highest BCUT2D eigenvalue weighted by Gasteiger charge is 2.17. The third-order valence-electron chi connectivity index (χ3n) is 3.17. The zero-order chi connectivity index (χ0) is 16.0. The molecule has 6 nitrogen and oxygen atoms in total. The summed E-state index contributed by atoms with van der Waals surface area (Å²) in [4.78, 5) is 14.4. The molecule has 0 aliphatic heterocycles. The Kier molecular flexibility index (Phi) is 6.54. The molecule has 0 amide bonds. The van der Waals surface area contributed by atoms with Crippen molar-refractivity contribution < 1.29 is 13.3 Å². The van der Waals surface area contributed by atoms with Crippen molar-refractivity contribution >= 4 is 27.1 Å². The van der Waals surface area contributed by atoms with Crippen LogP contribution in [0.25, 0.3) is 0 Å². The van der Waals surface area contributed by atoms with Gasteiger partial charge in [-0.15, -0.1) is 0 Å². The summed E-state index contributed by atoms with van der Waals surface area (Å²) in [5.74, 6) is 0.149. The highest BCUT2D eigenvalue weighted by molar-refractivity contribution is 7.91. The number of unbranched alkanes of at least 4 members (excludes halogenated alkanes) is 2. The van der Waals surface area contributed by atoms with Gasteiger partial charge in [0, 0.05) is 6.07 Å². The summed E-state index contributed by atoms with van der Waals surface area (Å²) in [5.41, 5.74) is 0.299. The predicted octanol–water partition coefficient (Wildman–Crippen LogP) is 3.18. The molecule has 0 bridgehead atoms. The van der Waals surface area contributed by atoms with E-state index in [2.05, 4.69) is 4.98 Å². The van der Waals surface area contributed by atoms with Gasteiger partial charge in [0.2, 0.25) is 0 Å². The van der Waals surface area contributed by atoms with Crippen LogP contribution in [0.4, 0.5) is 5.69 Å². The Morgan fingerprint density at radius 1 is 1.29 bits per heavy atom. The van der Waals surface area contributed by atoms with Crippen LogP contribution < -0.4 is 0 Å². The fourth-order valence-corrected chi connectivity index (χ4v) is 3.07. The van der Waals surface area contributed by atoms with Gasteiger partial charge in [0.15, 0.2) is 9.84 Å². The van der Waals surface area contributed by atoms with Crippen LogP contribution in [0.5, 0.6) is 0 Å². The highest BCUT2D eigenvalue weighted by atomic mass is 35.5. The number of nitrogens with zero attached hydrogens (tertiary/aromatic N) is 2. The van der Waals surface area contributed by atoms with Crippen LogP contribution in [0.3, 0.4) is 0 Å². The topological polar surface area (TPSA) is 90.2 Å². The van der Waals surface area contributed by atoms with Crippen molar-refractivity contribution in [2.45, 2.75) is 44.8 Å². The summed E-state index contributed by atoms with van der Waals surface area (Å²) in [6.45, 7) is 3.32. The third-order valence-corrected chi connectivity index (χ3v) is 5.68. The van der Waals surface area contributed by atoms with Gasteiger partial charge in [-0.25, -0.2) is 13.4 Å². The third kappa shape index (κ3) is 5.59. The second-order valence-corrected chi connectivity index (χ2v) is 8.15. The zero-order valence-corrected chi connectivity index (χ0v) is 13.7. The number of hydrogen-bond acceptors (Lipinski definition) is 5. The summed E-state index contributed by atoms with van der Waals surface area (Å²) in [6, 6.07) is 2.73. The molecule has 0 fully saturated rings. The van der Waals surface area contributed by atoms with Crippen LogP contribution >= 0.6 is 11.6 Å². The van der Waals surface area contributed by atoms with Crippen LogP contribution in [0.2, 0.25) is 5.15 Å². The van der Waals surface area contributed by atoms with Crippen LogP contribution in [0, 0.1) is 10.1 Å². The minimum atomic E-state index is -3.02. The molecule has 118 valence electrons. The first kappa shape index (κ1) is 17.8. The van der Waals surface area contributed by atoms with Gasteiger partial charge in [-0.1, -0.05) is 18.0 Å². The molecule has 1 rings (SSSR count). The Hall–Kier alpha value is -1.21. The molecule has 0 aliphatic carbocycles. The Labute approximate surface area is 129 Å². The number of sulfone groups is 1. The van der Waals surface area contributed by atoms with E-state index in [9.17, 15) is 18.5 Å². The maximum atomic E-state index is 11.6. The Bertz CT molecular complexity index is 602. The van der Waals surface area contributed by atoms with Crippen molar-refractivity contribution in [2.24, 2.45) is 0 Å². The molecule has 0 spiro atoms. The number of aromatic nitrogens is 1. The van der Waals surface area contributed by atoms with Crippen LogP contribution in [0.1, 0.15) is 38.8 Å². The zero-order valence-electron chi connectivity index (χ0n) is 12.1. The van der Waals surface area contributed by atoms with E-state index in [1.54, 1.807) is 13.8 Å². The molecule has 0 saturated heterocycles. The minimum absolute atomic E-state index is 0.0470. The normalized spacial score (nSPS) is 11.8. The number of hydrogen-bond donors (Lipinski definition) is 0. The Morgan fingerprint density at radius 2 is 1.95 bits per heavy atom. The molecule has 0 saturated carbocycles. The van der Waals surface area contributed by atoms with Crippen molar-refractivity contribution in [2.75, 3.05) is 5.75 Å². The number of pyridine rings is 1. The van der Waals surface area contributed by atoms with E-state index in [4.69, 9.17) is 11.6 Å². The molecule has 21 heavy (non-hydrogen) atoms. The monoisotopic (exact) mass is 334 g/mol. The molecule has 1 aromatic rings. The van der Waals surface area contributed by atoms with Gasteiger partial charge in [-0.05, 0) is 39.2 Å². The van der Waals surface area contributed by atoms with E-state index in [-0.39, 0.29) is 21.8 Å². The second kappa shape index (κ2) is 7.70. The van der Waals surface area contributed by atoms with Gasteiger partial charge in [0.1, 0.15) is 10.8 Å². The highest BCUT2D eigenvalue weighted by Crippen LogP contribution is 2.21. The average Bonchev–Trinajstić information content (AvgIpc) is 2.37. The van der Waals surface area contributed by atoms with Crippen molar-refractivity contribution in [3.63, 3.8) is 0 Å². The molecule has 0 radical (unpaired) electrons. The van der Waals surface area contributed by atoms with E-state index in [1.165, 1.54) is 12.1 Å². The summed E-state index contributed by atoms with van der Waals surface area (Å²) >= 11 is 5.74. The fraction of sp³-hybridized carbons (Fsp3) is 0.615. The summed E-state index contributed by atoms with van der Waals surface area (Å²) in [5, 5.41) is 10.7. The number of aryl methyl sites for hydroxylation is 1. The van der Waals surface area contributed by atoms with Gasteiger partial charge < -0.3 is 0 Å². The van der Waals surface area contributed by atoms with Crippen LogP contribution in [-0.2, 0) is 16.3 Å². The van der Waals surface area contributed by atoms with Crippen LogP contribution in [-0.4, -0.2) is 29.3 Å². The predicted molar refractivity (Wildman–Crippen MR) is 82.4 cm³/mol. The lowest BCUT2D eigenvalue weighted by Gasteiger charge is -2.07. The number of halogens is 1. The molecular weight excluding hydrogens is 316 g/mol. The summed E-state index contributed by atoms with van der Waals surface area (Å²) in [6.07, 6.45) is 2.28. The SMILES string of the molecule is CC(C)S(=O)(=O)CCCCCc1nc(Cl)ccc1[N+](=O)[O-]. The molecular formula is C13H19ClN2O4S. The van der Waals surface area contributed by atoms with E-state index in [0.29, 0.717) is 31.4 Å². The fourth-order valence-electron chi connectivity index (χ4n) is 1.83. The lowest BCUT2D eigenvalue weighted by Crippen LogP contribution is -2.17. The average molecular weight is 335 g/mol. The Balaban J connectivity index is 2.50. The molecule has 0 aromatic carbocycles. The van der Waals surface area contributed by atoms with Gasteiger partial charge in [-0.2, -0.15) is 0 Å². The molecule has 0 atom stereocenters. The lowest BCUT2D eigenvalue weighted by atomic mass is 10.1. The minimum Gasteiger partial charge on any atom is -0.258 e. The summed E-state index contributed by atoms with van der Waals surface area (Å²) < 4.78 is 23.3. The second-order valence-electron chi connectivity index (χ2n) is 5.08. The standard InChI is InChI=1S/C13H19ClN2O4S/c1-10(2)21(19,20)9-5-3-4-6-11-12(16(17)18)7-8-13(14)15-11/h7-8,10H,3-6,9H2,1-2H3. The van der Waals surface area contributed by atoms with Gasteiger partial charge in [-0.3, -0.25) is 10.1 Å². The van der Waals surface area contributed by atoms with Crippen molar-refractivity contribution in [1.29, 1.82) is 0 Å². The molecule has 0 unspecified atom stereocenters. The quantitative estimate of drug-likeness (QED) is 0.315. The van der Waals surface area contributed by atoms with E-state index < -0.39 is 14.8 Å². The van der Waals surface area contributed by atoms with Crippen molar-refractivity contribution in [1.82, 2.24) is 4.98 Å². The first-order valence-electron chi connectivity index (χ1n) is 6.75. The smallest absolute Gasteiger partial charge is 0.258 e.